The molecule has 12 aromatic rings. The van der Waals surface area contributed by atoms with Gasteiger partial charge in [-0.25, -0.2) is 18.7 Å². The first kappa shape index (κ1) is 53.6. The van der Waals surface area contributed by atoms with Gasteiger partial charge in [-0.05, 0) is 93.9 Å². The molecule has 4 aliphatic carbocycles. The molecule has 8 aromatic carbocycles. The number of hydrogen-bond acceptors (Lipinski definition) is 8. The molecule has 4 heterocycles. The third-order valence-corrected chi connectivity index (χ3v) is 17.5. The van der Waals surface area contributed by atoms with E-state index in [1.165, 1.54) is 89.0 Å². The second-order valence-electron chi connectivity index (χ2n) is 23.0. The fourth-order valence-electron chi connectivity index (χ4n) is 13.4. The van der Waals surface area contributed by atoms with Crippen LogP contribution in [0.25, 0.3) is 90.1 Å². The Hall–Kier alpha value is -9.68. The van der Waals surface area contributed by atoms with Crippen LogP contribution in [0, 0.1) is 0 Å². The highest BCUT2D eigenvalue weighted by atomic mass is 15.4. The monoisotopic (exact) mass is 1100 g/mol. The maximum atomic E-state index is 4.45. The van der Waals surface area contributed by atoms with Crippen molar-refractivity contribution >= 4 is 0 Å². The van der Waals surface area contributed by atoms with Crippen molar-refractivity contribution in [2.24, 2.45) is 28.2 Å². The van der Waals surface area contributed by atoms with Crippen LogP contribution in [0.3, 0.4) is 0 Å². The molecule has 0 saturated carbocycles. The normalized spacial score (nSPS) is 16.4. The van der Waals surface area contributed by atoms with Gasteiger partial charge in [0.1, 0.15) is 22.8 Å². The van der Waals surface area contributed by atoms with Gasteiger partial charge in [0.25, 0.3) is 0 Å². The summed E-state index contributed by atoms with van der Waals surface area (Å²) in [6, 6.07) is 68.7. The van der Waals surface area contributed by atoms with E-state index in [9.17, 15) is 0 Å². The van der Waals surface area contributed by atoms with Crippen LogP contribution >= 0.6 is 0 Å². The van der Waals surface area contributed by atoms with E-state index in [0.29, 0.717) is 23.7 Å². The summed E-state index contributed by atoms with van der Waals surface area (Å²) >= 11 is 0. The van der Waals surface area contributed by atoms with E-state index < -0.39 is 0 Å². The molecule has 4 aliphatic rings. The molecule has 0 amide bonds. The van der Waals surface area contributed by atoms with Gasteiger partial charge in [-0.2, -0.15) is 0 Å². The molecule has 0 saturated heterocycles. The number of nitrogens with zero attached hydrogens (tertiary/aromatic N) is 12. The molecule has 0 fully saturated rings. The third-order valence-electron chi connectivity index (χ3n) is 17.5. The molecule has 0 spiro atoms. The summed E-state index contributed by atoms with van der Waals surface area (Å²) in [6.45, 7) is 9.17. The van der Waals surface area contributed by atoms with Crippen molar-refractivity contribution in [2.75, 3.05) is 0 Å². The van der Waals surface area contributed by atoms with Gasteiger partial charge < -0.3 is 0 Å². The van der Waals surface area contributed by atoms with E-state index in [2.05, 4.69) is 263 Å². The maximum absolute atomic E-state index is 4.45. The zero-order chi connectivity index (χ0) is 57.6. The Morgan fingerprint density at radius 1 is 0.250 bits per heavy atom. The van der Waals surface area contributed by atoms with Gasteiger partial charge in [0.15, 0.2) is 0 Å². The number of benzene rings is 8. The smallest absolute Gasteiger partial charge is 0.121 e. The van der Waals surface area contributed by atoms with E-state index in [-0.39, 0.29) is 0 Å². The zero-order valence-corrected chi connectivity index (χ0v) is 49.0. The second kappa shape index (κ2) is 22.6. The quantitative estimate of drug-likeness (QED) is 0.147. The zero-order valence-electron chi connectivity index (χ0n) is 49.0. The lowest BCUT2D eigenvalue weighted by Gasteiger charge is -2.22. The lowest BCUT2D eigenvalue weighted by atomic mass is 9.83. The first-order chi connectivity index (χ1) is 41.0. The molecular formula is C72H68N12. The minimum Gasteiger partial charge on any atom is -0.247 e. The summed E-state index contributed by atoms with van der Waals surface area (Å²) in [5, 5.41) is 34.8. The summed E-state index contributed by atoms with van der Waals surface area (Å²) in [4.78, 5) is 0. The van der Waals surface area contributed by atoms with E-state index in [0.717, 1.165) is 71.2 Å². The van der Waals surface area contributed by atoms with Crippen LogP contribution in [0.15, 0.2) is 194 Å². The van der Waals surface area contributed by atoms with Gasteiger partial charge in [-0.15, -0.1) is 20.4 Å². The third kappa shape index (κ3) is 9.74. The van der Waals surface area contributed by atoms with E-state index >= 15 is 0 Å². The topological polar surface area (TPSA) is 123 Å². The van der Waals surface area contributed by atoms with Gasteiger partial charge in [-0.1, -0.05) is 243 Å². The number of hydrogen-bond donors (Lipinski definition) is 0. The van der Waals surface area contributed by atoms with Gasteiger partial charge in [0, 0.05) is 72.7 Å². The summed E-state index contributed by atoms with van der Waals surface area (Å²) in [5.41, 5.74) is 29.2. The predicted octanol–water partition coefficient (Wildman–Crippen LogP) is 15.2. The Morgan fingerprint density at radius 3 is 0.762 bits per heavy atom. The Balaban J connectivity index is 0.000000104. The number of rotatable bonds is 0. The molecule has 4 atom stereocenters. The molecular weight excluding hydrogens is 1030 g/mol. The Labute approximate surface area is 491 Å². The molecule has 416 valence electrons. The van der Waals surface area contributed by atoms with Crippen molar-refractivity contribution in [3.8, 4) is 90.1 Å². The fraction of sp³-hybridized carbons (Fsp3) is 0.222. The molecule has 4 aromatic heterocycles. The minimum atomic E-state index is 0.470. The maximum Gasteiger partial charge on any atom is 0.121 e. The second-order valence-corrected chi connectivity index (χ2v) is 23.0. The highest BCUT2D eigenvalue weighted by Crippen LogP contribution is 2.45. The minimum absolute atomic E-state index is 0.470. The van der Waals surface area contributed by atoms with E-state index in [1.807, 2.05) is 46.9 Å². The van der Waals surface area contributed by atoms with Gasteiger partial charge in [-0.3, -0.25) is 0 Å². The summed E-state index contributed by atoms with van der Waals surface area (Å²) in [6.07, 6.45) is 4.14. The average Bonchev–Trinajstić information content (AvgIpc) is 4.44. The van der Waals surface area contributed by atoms with Gasteiger partial charge in [0.05, 0.1) is 22.8 Å². The van der Waals surface area contributed by atoms with Crippen molar-refractivity contribution in [2.45, 2.75) is 77.0 Å². The first-order valence-corrected chi connectivity index (χ1v) is 29.3. The Kier molecular flexibility index (Phi) is 14.4. The predicted molar refractivity (Wildman–Crippen MR) is 336 cm³/mol. The van der Waals surface area contributed by atoms with Gasteiger partial charge >= 0.3 is 0 Å². The number of fused-ring (bicyclic) bond motifs is 20. The van der Waals surface area contributed by atoms with E-state index in [4.69, 9.17) is 0 Å². The largest absolute Gasteiger partial charge is 0.247 e. The lowest BCUT2D eigenvalue weighted by Crippen LogP contribution is -2.07. The highest BCUT2D eigenvalue weighted by molar-refractivity contribution is 5.86. The van der Waals surface area contributed by atoms with Crippen LogP contribution in [0.5, 0.6) is 0 Å². The van der Waals surface area contributed by atoms with Crippen molar-refractivity contribution in [3.05, 3.63) is 239 Å². The van der Waals surface area contributed by atoms with Crippen molar-refractivity contribution in [1.82, 2.24) is 60.0 Å². The number of aryl methyl sites for hydroxylation is 4. The fourth-order valence-corrected chi connectivity index (χ4v) is 13.4. The molecule has 84 heavy (non-hydrogen) atoms. The molecule has 16 rings (SSSR count). The Morgan fingerprint density at radius 2 is 0.452 bits per heavy atom. The molecule has 12 heteroatoms. The van der Waals surface area contributed by atoms with Crippen molar-refractivity contribution in [3.63, 3.8) is 0 Å². The number of aromatic nitrogens is 12. The molecule has 0 radical (unpaired) electrons. The molecule has 4 unspecified atom stereocenters. The van der Waals surface area contributed by atoms with Crippen molar-refractivity contribution < 1.29 is 0 Å². The average molecular weight is 1100 g/mol. The molecule has 0 bridgehead atoms. The highest BCUT2D eigenvalue weighted by Gasteiger charge is 2.29. The van der Waals surface area contributed by atoms with Crippen LogP contribution in [-0.4, -0.2) is 60.0 Å². The molecule has 0 N–H and O–H groups in total. The van der Waals surface area contributed by atoms with E-state index in [1.54, 1.807) is 0 Å². The molecule has 0 aliphatic heterocycles. The Bertz CT molecular complexity index is 4100. The lowest BCUT2D eigenvalue weighted by molar-refractivity contribution is 0.717. The summed E-state index contributed by atoms with van der Waals surface area (Å²) in [5.74, 6) is 1.89. The van der Waals surface area contributed by atoms with Crippen LogP contribution in [-0.2, 0) is 53.9 Å². The SMILES string of the molecule is CC1Cc2ccccc2-c2c(nnn2C)-c2ccccc21.CC1Cc2ccccc2-c2c(nnn2C)-c2ccccc21.CC1Cc2ccccc2-c2nnn(C)c2-c2ccccc21.CC1Cc2ccccc2-c2nnn(C)c2-c2ccccc21. The van der Waals surface area contributed by atoms with Crippen LogP contribution in [0.4, 0.5) is 0 Å². The standard InChI is InChI=1S/4C18H17N3/c2*1-12-11-13-7-3-4-9-15(13)18-17(19-20-21(18)2)16-10-6-5-8-14(12)16;2*1-12-11-13-7-3-4-9-15(13)17-18(21(2)20-19-17)16-10-6-5-8-14(12)16/h4*3-10,12H,11H2,1-2H3. The van der Waals surface area contributed by atoms with Gasteiger partial charge in [0.2, 0.25) is 0 Å². The van der Waals surface area contributed by atoms with Crippen LogP contribution < -0.4 is 0 Å². The molecule has 12 nitrogen and oxygen atoms in total. The first-order valence-electron chi connectivity index (χ1n) is 29.3. The summed E-state index contributed by atoms with van der Waals surface area (Å²) in [7, 11) is 7.88. The summed E-state index contributed by atoms with van der Waals surface area (Å²) < 4.78 is 7.56. The van der Waals surface area contributed by atoms with Crippen LogP contribution in [0.1, 0.15) is 95.9 Å². The van der Waals surface area contributed by atoms with Crippen molar-refractivity contribution in [1.29, 1.82) is 0 Å². The van der Waals surface area contributed by atoms with Crippen LogP contribution in [0.2, 0.25) is 0 Å².